The second-order valence-electron chi connectivity index (χ2n) is 5.49. The van der Waals surface area contributed by atoms with Crippen LogP contribution in [0, 0.1) is 5.41 Å². The minimum Gasteiger partial charge on any atom is -0.481 e. The van der Waals surface area contributed by atoms with Crippen molar-refractivity contribution in [3.05, 3.63) is 0 Å². The van der Waals surface area contributed by atoms with Gasteiger partial charge in [0.1, 0.15) is 0 Å². The molecule has 0 aliphatic carbocycles. The largest absolute Gasteiger partial charge is 0.481 e. The van der Waals surface area contributed by atoms with Crippen molar-refractivity contribution in [2.75, 3.05) is 26.7 Å². The molecule has 1 heterocycles. The summed E-state index contributed by atoms with van der Waals surface area (Å²) in [5.41, 5.74) is -0.975. The van der Waals surface area contributed by atoms with Crippen molar-refractivity contribution in [1.29, 1.82) is 0 Å². The third kappa shape index (κ3) is 3.67. The van der Waals surface area contributed by atoms with Gasteiger partial charge in [0.05, 0.1) is 5.41 Å². The molecule has 0 spiro atoms. The summed E-state index contributed by atoms with van der Waals surface area (Å²) in [6.45, 7) is 4.55. The Morgan fingerprint density at radius 1 is 1.47 bits per heavy atom. The number of nitrogens with zero attached hydrogens (tertiary/aromatic N) is 2. The van der Waals surface area contributed by atoms with Gasteiger partial charge in [-0.25, -0.2) is 0 Å². The zero-order valence-electron chi connectivity index (χ0n) is 11.9. The van der Waals surface area contributed by atoms with Crippen LogP contribution >= 0.6 is 0 Å². The van der Waals surface area contributed by atoms with Crippen LogP contribution < -0.4 is 0 Å². The first-order chi connectivity index (χ1) is 8.74. The molecular weight excluding hydrogens is 268 g/mol. The molecule has 112 valence electrons. The molecule has 1 aliphatic rings. The molecule has 19 heavy (non-hydrogen) atoms. The summed E-state index contributed by atoms with van der Waals surface area (Å²) in [7, 11) is -1.98. The van der Waals surface area contributed by atoms with Crippen LogP contribution in [0.3, 0.4) is 0 Å². The highest BCUT2D eigenvalue weighted by Crippen LogP contribution is 2.31. The summed E-state index contributed by atoms with van der Waals surface area (Å²) >= 11 is 0. The second-order valence-corrected chi connectivity index (χ2v) is 7.52. The number of aliphatic carboxylic acids is 1. The van der Waals surface area contributed by atoms with Crippen molar-refractivity contribution in [3.8, 4) is 0 Å². The molecule has 1 aliphatic heterocycles. The van der Waals surface area contributed by atoms with Crippen LogP contribution in [0.25, 0.3) is 0 Å². The van der Waals surface area contributed by atoms with Gasteiger partial charge in [-0.15, -0.1) is 0 Å². The van der Waals surface area contributed by atoms with Crippen molar-refractivity contribution in [2.45, 2.75) is 39.5 Å². The summed E-state index contributed by atoms with van der Waals surface area (Å²) < 4.78 is 27.4. The van der Waals surface area contributed by atoms with E-state index in [9.17, 15) is 18.3 Å². The Kier molecular flexibility index (Phi) is 5.34. The van der Waals surface area contributed by atoms with Gasteiger partial charge in [0.25, 0.3) is 10.2 Å². The van der Waals surface area contributed by atoms with Gasteiger partial charge in [-0.05, 0) is 26.2 Å². The molecule has 7 heteroatoms. The highest BCUT2D eigenvalue weighted by Gasteiger charge is 2.42. The molecule has 0 aromatic carbocycles. The van der Waals surface area contributed by atoms with Crippen molar-refractivity contribution >= 4 is 16.2 Å². The van der Waals surface area contributed by atoms with Crippen LogP contribution in [-0.4, -0.2) is 54.8 Å². The predicted molar refractivity (Wildman–Crippen MR) is 73.0 cm³/mol. The number of unbranched alkanes of at least 4 members (excludes halogenated alkanes) is 1. The van der Waals surface area contributed by atoms with Crippen LogP contribution in [0.5, 0.6) is 0 Å². The summed E-state index contributed by atoms with van der Waals surface area (Å²) in [6.07, 6.45) is 2.84. The van der Waals surface area contributed by atoms with Crippen molar-refractivity contribution in [1.82, 2.24) is 8.61 Å². The van der Waals surface area contributed by atoms with E-state index in [2.05, 4.69) is 0 Å². The van der Waals surface area contributed by atoms with E-state index in [1.54, 1.807) is 14.0 Å². The van der Waals surface area contributed by atoms with Crippen LogP contribution in [0.2, 0.25) is 0 Å². The SMILES string of the molecule is CCCCN(C)S(=O)(=O)N1CCCC(C)(C(=O)O)C1. The second kappa shape index (κ2) is 6.19. The number of rotatable bonds is 6. The van der Waals surface area contributed by atoms with E-state index < -0.39 is 21.6 Å². The molecule has 1 saturated heterocycles. The lowest BCUT2D eigenvalue weighted by atomic mass is 9.83. The van der Waals surface area contributed by atoms with Crippen molar-refractivity contribution < 1.29 is 18.3 Å². The predicted octanol–water partition coefficient (Wildman–Crippen LogP) is 1.15. The van der Waals surface area contributed by atoms with Crippen molar-refractivity contribution in [3.63, 3.8) is 0 Å². The van der Waals surface area contributed by atoms with Gasteiger partial charge in [0, 0.05) is 26.7 Å². The first kappa shape index (κ1) is 16.4. The van der Waals surface area contributed by atoms with E-state index in [1.807, 2.05) is 6.92 Å². The van der Waals surface area contributed by atoms with Gasteiger partial charge in [-0.1, -0.05) is 13.3 Å². The smallest absolute Gasteiger partial charge is 0.310 e. The van der Waals surface area contributed by atoms with Gasteiger partial charge in [0.2, 0.25) is 0 Å². The Morgan fingerprint density at radius 3 is 2.63 bits per heavy atom. The monoisotopic (exact) mass is 292 g/mol. The molecule has 0 radical (unpaired) electrons. The minimum atomic E-state index is -3.54. The van der Waals surface area contributed by atoms with Gasteiger partial charge < -0.3 is 5.11 Å². The van der Waals surface area contributed by atoms with E-state index in [0.717, 1.165) is 12.8 Å². The Hall–Kier alpha value is -0.660. The average molecular weight is 292 g/mol. The van der Waals surface area contributed by atoms with E-state index in [4.69, 9.17) is 0 Å². The maximum Gasteiger partial charge on any atom is 0.310 e. The number of piperidine rings is 1. The number of carboxylic acids is 1. The van der Waals surface area contributed by atoms with Gasteiger partial charge >= 0.3 is 5.97 Å². The topological polar surface area (TPSA) is 77.9 Å². The summed E-state index contributed by atoms with van der Waals surface area (Å²) in [4.78, 5) is 11.3. The molecule has 1 fully saturated rings. The van der Waals surface area contributed by atoms with Crippen LogP contribution in [0.15, 0.2) is 0 Å². The quantitative estimate of drug-likeness (QED) is 0.796. The molecule has 1 atom stereocenters. The summed E-state index contributed by atoms with van der Waals surface area (Å²) in [6, 6.07) is 0. The lowest BCUT2D eigenvalue weighted by molar-refractivity contribution is -0.150. The maximum atomic E-state index is 12.4. The first-order valence-electron chi connectivity index (χ1n) is 6.69. The van der Waals surface area contributed by atoms with E-state index in [1.165, 1.54) is 8.61 Å². The Morgan fingerprint density at radius 2 is 2.11 bits per heavy atom. The Balaban J connectivity index is 2.81. The first-order valence-corrected chi connectivity index (χ1v) is 8.08. The molecule has 0 bridgehead atoms. The summed E-state index contributed by atoms with van der Waals surface area (Å²) in [5.74, 6) is -0.927. The number of carbonyl (C=O) groups is 1. The zero-order chi connectivity index (χ0) is 14.7. The Labute approximate surface area is 115 Å². The van der Waals surface area contributed by atoms with E-state index >= 15 is 0 Å². The number of hydrogen-bond acceptors (Lipinski definition) is 3. The number of hydrogen-bond donors (Lipinski definition) is 1. The summed E-state index contributed by atoms with van der Waals surface area (Å²) in [5, 5.41) is 9.23. The average Bonchev–Trinajstić information content (AvgIpc) is 2.35. The Bertz CT molecular complexity index is 423. The minimum absolute atomic E-state index is 0.0567. The molecule has 1 unspecified atom stereocenters. The molecule has 6 nitrogen and oxygen atoms in total. The number of carboxylic acid groups (broad SMARTS) is 1. The fourth-order valence-corrected chi connectivity index (χ4v) is 3.82. The zero-order valence-corrected chi connectivity index (χ0v) is 12.7. The lowest BCUT2D eigenvalue weighted by Crippen LogP contribution is -2.52. The molecule has 1 N–H and O–H groups in total. The fraction of sp³-hybridized carbons (Fsp3) is 0.917. The standard InChI is InChI=1S/C12H24N2O4S/c1-4-5-8-13(3)19(17,18)14-9-6-7-12(2,10-14)11(15)16/h4-10H2,1-3H3,(H,15,16). The van der Waals surface area contributed by atoms with Crippen LogP contribution in [-0.2, 0) is 15.0 Å². The van der Waals surface area contributed by atoms with E-state index in [-0.39, 0.29) is 6.54 Å². The highest BCUT2D eigenvalue weighted by atomic mass is 32.2. The molecule has 1 rings (SSSR count). The van der Waals surface area contributed by atoms with Crippen LogP contribution in [0.1, 0.15) is 39.5 Å². The normalized spacial score (nSPS) is 25.7. The maximum absolute atomic E-state index is 12.4. The van der Waals surface area contributed by atoms with E-state index in [0.29, 0.717) is 25.9 Å². The molecular formula is C12H24N2O4S. The third-order valence-electron chi connectivity index (χ3n) is 3.72. The van der Waals surface area contributed by atoms with Gasteiger partial charge in [-0.2, -0.15) is 17.0 Å². The molecule has 0 amide bonds. The van der Waals surface area contributed by atoms with Gasteiger partial charge in [-0.3, -0.25) is 4.79 Å². The molecule has 0 saturated carbocycles. The lowest BCUT2D eigenvalue weighted by Gasteiger charge is -2.38. The third-order valence-corrected chi connectivity index (χ3v) is 5.66. The van der Waals surface area contributed by atoms with Crippen molar-refractivity contribution in [2.24, 2.45) is 5.41 Å². The van der Waals surface area contributed by atoms with Crippen LogP contribution in [0.4, 0.5) is 0 Å². The van der Waals surface area contributed by atoms with Gasteiger partial charge in [0.15, 0.2) is 0 Å². The molecule has 0 aromatic rings. The highest BCUT2D eigenvalue weighted by molar-refractivity contribution is 7.86. The fourth-order valence-electron chi connectivity index (χ4n) is 2.26. The molecule has 0 aromatic heterocycles.